The highest BCUT2D eigenvalue weighted by Crippen LogP contribution is 2.32. The summed E-state index contributed by atoms with van der Waals surface area (Å²) >= 11 is 0. The minimum absolute atomic E-state index is 0.0291. The lowest BCUT2D eigenvalue weighted by atomic mass is 10.0. The molecular formula is C14H17N3O2. The standard InChI is InChI=1S/C14H17N3O2/c1-2-4-11-10(3-1)13-14(12-9-18-7-5-15-12)19-8-6-17(13)16-11/h1-4,12,14-15H,5-9H2. The Hall–Kier alpha value is -1.43. The molecule has 2 aromatic rings. The molecule has 0 aliphatic carbocycles. The monoisotopic (exact) mass is 259 g/mol. The first-order valence-corrected chi connectivity index (χ1v) is 6.82. The van der Waals surface area contributed by atoms with E-state index in [1.54, 1.807) is 0 Å². The number of nitrogens with zero attached hydrogens (tertiary/aromatic N) is 2. The molecule has 0 saturated carbocycles. The highest BCUT2D eigenvalue weighted by Gasteiger charge is 2.33. The number of morpholine rings is 1. The number of ether oxygens (including phenoxy) is 2. The van der Waals surface area contributed by atoms with E-state index in [9.17, 15) is 0 Å². The van der Waals surface area contributed by atoms with Crippen LogP contribution in [0.1, 0.15) is 11.8 Å². The molecule has 2 unspecified atom stereocenters. The molecule has 2 aliphatic rings. The Morgan fingerprint density at radius 2 is 2.21 bits per heavy atom. The van der Waals surface area contributed by atoms with Crippen molar-refractivity contribution in [1.29, 1.82) is 0 Å². The largest absolute Gasteiger partial charge is 0.378 e. The fourth-order valence-corrected chi connectivity index (χ4v) is 3.00. The van der Waals surface area contributed by atoms with E-state index in [1.165, 1.54) is 11.1 Å². The number of fused-ring (bicyclic) bond motifs is 3. The third kappa shape index (κ3) is 1.85. The van der Waals surface area contributed by atoms with Crippen molar-refractivity contribution in [1.82, 2.24) is 15.1 Å². The molecule has 0 bridgehead atoms. The Labute approximate surface area is 111 Å². The Bertz CT molecular complexity index is 589. The van der Waals surface area contributed by atoms with Crippen LogP contribution >= 0.6 is 0 Å². The van der Waals surface area contributed by atoms with Crippen LogP contribution < -0.4 is 5.32 Å². The van der Waals surface area contributed by atoms with Gasteiger partial charge in [-0.3, -0.25) is 4.68 Å². The maximum absolute atomic E-state index is 6.01. The van der Waals surface area contributed by atoms with E-state index in [0.29, 0.717) is 13.2 Å². The van der Waals surface area contributed by atoms with Gasteiger partial charge in [-0.25, -0.2) is 0 Å². The molecule has 19 heavy (non-hydrogen) atoms. The van der Waals surface area contributed by atoms with Gasteiger partial charge in [-0.1, -0.05) is 18.2 Å². The first kappa shape index (κ1) is 11.4. The number of benzene rings is 1. The lowest BCUT2D eigenvalue weighted by molar-refractivity contribution is -0.0445. The van der Waals surface area contributed by atoms with Crippen molar-refractivity contribution in [2.45, 2.75) is 18.7 Å². The molecule has 4 rings (SSSR count). The summed E-state index contributed by atoms with van der Waals surface area (Å²) in [6.07, 6.45) is 0.0291. The number of hydrogen-bond donors (Lipinski definition) is 1. The second-order valence-corrected chi connectivity index (χ2v) is 5.05. The Morgan fingerprint density at radius 3 is 3.11 bits per heavy atom. The van der Waals surface area contributed by atoms with E-state index >= 15 is 0 Å². The fourth-order valence-electron chi connectivity index (χ4n) is 3.00. The van der Waals surface area contributed by atoms with Crippen molar-refractivity contribution in [3.8, 4) is 0 Å². The molecule has 0 radical (unpaired) electrons. The van der Waals surface area contributed by atoms with Crippen LogP contribution in [0.4, 0.5) is 0 Å². The van der Waals surface area contributed by atoms with Crippen LogP contribution in [-0.2, 0) is 16.0 Å². The maximum Gasteiger partial charge on any atom is 0.117 e. The van der Waals surface area contributed by atoms with Crippen molar-refractivity contribution in [3.05, 3.63) is 30.0 Å². The molecule has 0 amide bonds. The van der Waals surface area contributed by atoms with Gasteiger partial charge in [0.05, 0.1) is 43.6 Å². The highest BCUT2D eigenvalue weighted by atomic mass is 16.5. The van der Waals surface area contributed by atoms with Crippen molar-refractivity contribution in [2.24, 2.45) is 0 Å². The molecule has 1 saturated heterocycles. The molecule has 5 heteroatoms. The zero-order valence-corrected chi connectivity index (χ0v) is 10.7. The molecular weight excluding hydrogens is 242 g/mol. The molecule has 0 spiro atoms. The van der Waals surface area contributed by atoms with Crippen LogP contribution in [-0.4, -0.2) is 42.2 Å². The Balaban J connectivity index is 1.80. The van der Waals surface area contributed by atoms with Gasteiger partial charge in [0.15, 0.2) is 0 Å². The summed E-state index contributed by atoms with van der Waals surface area (Å²) < 4.78 is 13.7. The second kappa shape index (κ2) is 4.59. The number of nitrogens with one attached hydrogen (secondary N) is 1. The van der Waals surface area contributed by atoms with Crippen molar-refractivity contribution >= 4 is 10.9 Å². The SMILES string of the molecule is c1ccc2c3n(nc2c1)CCOC3C1COCCN1. The van der Waals surface area contributed by atoms with Crippen LogP contribution in [0, 0.1) is 0 Å². The molecule has 5 nitrogen and oxygen atoms in total. The molecule has 100 valence electrons. The van der Waals surface area contributed by atoms with Gasteiger partial charge in [0, 0.05) is 11.9 Å². The minimum Gasteiger partial charge on any atom is -0.378 e. The first-order chi connectivity index (χ1) is 9.43. The Morgan fingerprint density at radius 1 is 1.26 bits per heavy atom. The summed E-state index contributed by atoms with van der Waals surface area (Å²) in [5.41, 5.74) is 2.23. The van der Waals surface area contributed by atoms with Crippen molar-refractivity contribution in [2.75, 3.05) is 26.4 Å². The van der Waals surface area contributed by atoms with E-state index in [1.807, 2.05) is 6.07 Å². The quantitative estimate of drug-likeness (QED) is 0.833. The number of aromatic nitrogens is 2. The summed E-state index contributed by atoms with van der Waals surface area (Å²) in [5, 5.41) is 9.35. The van der Waals surface area contributed by atoms with Crippen LogP contribution in [0.25, 0.3) is 10.9 Å². The molecule has 2 aliphatic heterocycles. The fraction of sp³-hybridized carbons (Fsp3) is 0.500. The number of rotatable bonds is 1. The van der Waals surface area contributed by atoms with Crippen molar-refractivity contribution < 1.29 is 9.47 Å². The van der Waals surface area contributed by atoms with Gasteiger partial charge in [0.2, 0.25) is 0 Å². The first-order valence-electron chi connectivity index (χ1n) is 6.82. The number of hydrogen-bond acceptors (Lipinski definition) is 4. The van der Waals surface area contributed by atoms with E-state index in [-0.39, 0.29) is 12.1 Å². The summed E-state index contributed by atoms with van der Waals surface area (Å²) in [4.78, 5) is 0. The van der Waals surface area contributed by atoms with Crippen LogP contribution in [0.15, 0.2) is 24.3 Å². The van der Waals surface area contributed by atoms with Crippen LogP contribution in [0.5, 0.6) is 0 Å². The summed E-state index contributed by atoms with van der Waals surface area (Å²) in [7, 11) is 0. The van der Waals surface area contributed by atoms with Gasteiger partial charge in [0.25, 0.3) is 0 Å². The normalized spacial score (nSPS) is 27.4. The molecule has 1 N–H and O–H groups in total. The lowest BCUT2D eigenvalue weighted by Crippen LogP contribution is -2.47. The van der Waals surface area contributed by atoms with E-state index in [2.05, 4.69) is 33.3 Å². The lowest BCUT2D eigenvalue weighted by Gasteiger charge is -2.34. The molecule has 2 atom stereocenters. The third-order valence-electron chi connectivity index (χ3n) is 3.87. The zero-order chi connectivity index (χ0) is 12.7. The van der Waals surface area contributed by atoms with E-state index in [4.69, 9.17) is 9.47 Å². The van der Waals surface area contributed by atoms with Gasteiger partial charge in [0.1, 0.15) is 6.10 Å². The van der Waals surface area contributed by atoms with E-state index in [0.717, 1.165) is 25.2 Å². The van der Waals surface area contributed by atoms with Gasteiger partial charge in [-0.15, -0.1) is 0 Å². The molecule has 1 aromatic carbocycles. The van der Waals surface area contributed by atoms with E-state index < -0.39 is 0 Å². The summed E-state index contributed by atoms with van der Waals surface area (Å²) in [5.74, 6) is 0. The summed E-state index contributed by atoms with van der Waals surface area (Å²) in [6.45, 7) is 3.90. The Kier molecular flexibility index (Phi) is 2.76. The van der Waals surface area contributed by atoms with Gasteiger partial charge >= 0.3 is 0 Å². The predicted molar refractivity (Wildman–Crippen MR) is 71.0 cm³/mol. The summed E-state index contributed by atoms with van der Waals surface area (Å²) in [6, 6.07) is 8.48. The average Bonchev–Trinajstić information content (AvgIpc) is 2.86. The van der Waals surface area contributed by atoms with Crippen LogP contribution in [0.3, 0.4) is 0 Å². The van der Waals surface area contributed by atoms with Crippen LogP contribution in [0.2, 0.25) is 0 Å². The minimum atomic E-state index is 0.0291. The van der Waals surface area contributed by atoms with Gasteiger partial charge in [-0.2, -0.15) is 5.10 Å². The van der Waals surface area contributed by atoms with Crippen molar-refractivity contribution in [3.63, 3.8) is 0 Å². The zero-order valence-electron chi connectivity index (χ0n) is 10.7. The maximum atomic E-state index is 6.01. The molecule has 3 heterocycles. The second-order valence-electron chi connectivity index (χ2n) is 5.05. The molecule has 1 aromatic heterocycles. The predicted octanol–water partition coefficient (Wildman–Crippen LogP) is 1.10. The third-order valence-corrected chi connectivity index (χ3v) is 3.87. The average molecular weight is 259 g/mol. The highest BCUT2D eigenvalue weighted by molar-refractivity contribution is 5.82. The van der Waals surface area contributed by atoms with Gasteiger partial charge < -0.3 is 14.8 Å². The van der Waals surface area contributed by atoms with Gasteiger partial charge in [-0.05, 0) is 6.07 Å². The molecule has 1 fully saturated rings. The smallest absolute Gasteiger partial charge is 0.117 e. The topological polar surface area (TPSA) is 48.3 Å².